The summed E-state index contributed by atoms with van der Waals surface area (Å²) < 4.78 is 29.3. The first kappa shape index (κ1) is 14.9. The minimum atomic E-state index is -3.90. The average Bonchev–Trinajstić information content (AvgIpc) is 2.48. The average molecular weight is 303 g/mol. The van der Waals surface area contributed by atoms with Crippen molar-refractivity contribution in [1.82, 2.24) is 0 Å². The van der Waals surface area contributed by atoms with E-state index in [1.165, 1.54) is 24.3 Å². The molecule has 6 nitrogen and oxygen atoms in total. The van der Waals surface area contributed by atoms with Crippen LogP contribution < -0.4 is 4.18 Å². The second-order valence-corrected chi connectivity index (χ2v) is 5.76. The number of benzene rings is 2. The highest BCUT2D eigenvalue weighted by molar-refractivity contribution is 7.87. The largest absolute Gasteiger partial charge is 0.379 e. The molecule has 2 aromatic carbocycles. The highest BCUT2D eigenvalue weighted by Gasteiger charge is 2.16. The van der Waals surface area contributed by atoms with Crippen LogP contribution in [0, 0.1) is 0 Å². The van der Waals surface area contributed by atoms with Gasteiger partial charge >= 0.3 is 10.1 Å². The molecule has 0 amide bonds. The minimum absolute atomic E-state index is 0.000965. The second-order valence-electron chi connectivity index (χ2n) is 4.22. The van der Waals surface area contributed by atoms with Crippen LogP contribution in [0.5, 0.6) is 5.75 Å². The van der Waals surface area contributed by atoms with Crippen molar-refractivity contribution in [3.05, 3.63) is 64.5 Å². The maximum atomic E-state index is 12.1. The lowest BCUT2D eigenvalue weighted by Crippen LogP contribution is -2.09. The Balaban J connectivity index is 2.22. The van der Waals surface area contributed by atoms with Gasteiger partial charge in [0.05, 0.1) is 0 Å². The maximum Gasteiger partial charge on any atom is 0.339 e. The van der Waals surface area contributed by atoms with Crippen LogP contribution >= 0.6 is 0 Å². The first-order valence-corrected chi connectivity index (χ1v) is 7.64. The van der Waals surface area contributed by atoms with Gasteiger partial charge in [0.2, 0.25) is 0 Å². The summed E-state index contributed by atoms with van der Waals surface area (Å²) in [4.78, 5) is 2.63. The van der Waals surface area contributed by atoms with E-state index in [0.717, 1.165) is 12.0 Å². The van der Waals surface area contributed by atoms with Crippen LogP contribution in [0.15, 0.2) is 58.5 Å². The third-order valence-corrected chi connectivity index (χ3v) is 4.08. The monoisotopic (exact) mass is 303 g/mol. The Morgan fingerprint density at radius 3 is 2.24 bits per heavy atom. The summed E-state index contributed by atoms with van der Waals surface area (Å²) in [6, 6.07) is 12.4. The Kier molecular flexibility index (Phi) is 4.47. The third kappa shape index (κ3) is 3.75. The first-order chi connectivity index (χ1) is 10.0. The fourth-order valence-electron chi connectivity index (χ4n) is 1.69. The molecule has 0 heterocycles. The molecule has 7 heteroatoms. The molecule has 0 spiro atoms. The van der Waals surface area contributed by atoms with E-state index >= 15 is 0 Å². The zero-order valence-electron chi connectivity index (χ0n) is 11.3. The zero-order valence-corrected chi connectivity index (χ0v) is 12.1. The van der Waals surface area contributed by atoms with Crippen LogP contribution in [0.2, 0.25) is 0 Å². The van der Waals surface area contributed by atoms with E-state index in [9.17, 15) is 8.42 Å². The quantitative estimate of drug-likeness (QED) is 0.362. The summed E-state index contributed by atoms with van der Waals surface area (Å²) in [7, 11) is -3.90. The molecule has 2 aromatic rings. The fourth-order valence-corrected chi connectivity index (χ4v) is 2.62. The molecule has 0 aliphatic carbocycles. The molecule has 21 heavy (non-hydrogen) atoms. The summed E-state index contributed by atoms with van der Waals surface area (Å²) in [5.41, 5.74) is 9.73. The third-order valence-electron chi connectivity index (χ3n) is 2.82. The van der Waals surface area contributed by atoms with E-state index in [0.29, 0.717) is 5.69 Å². The van der Waals surface area contributed by atoms with Gasteiger partial charge in [-0.25, -0.2) is 0 Å². The van der Waals surface area contributed by atoms with Gasteiger partial charge in [-0.1, -0.05) is 36.3 Å². The molecule has 0 atom stereocenters. The molecule has 0 bridgehead atoms. The van der Waals surface area contributed by atoms with E-state index in [4.69, 9.17) is 9.71 Å². The number of hydrogen-bond acceptors (Lipinski definition) is 4. The highest BCUT2D eigenvalue weighted by atomic mass is 32.2. The normalized spacial score (nSPS) is 10.7. The van der Waals surface area contributed by atoms with Crippen molar-refractivity contribution in [2.24, 2.45) is 5.11 Å². The van der Waals surface area contributed by atoms with E-state index in [2.05, 4.69) is 10.0 Å². The highest BCUT2D eigenvalue weighted by Crippen LogP contribution is 2.21. The summed E-state index contributed by atoms with van der Waals surface area (Å²) in [6.07, 6.45) is 0.869. The number of rotatable bonds is 5. The molecule has 0 aliphatic heterocycles. The molecular formula is C14H13N3O3S. The Morgan fingerprint density at radius 2 is 1.71 bits per heavy atom. The lowest BCUT2D eigenvalue weighted by atomic mass is 10.2. The fraction of sp³-hybridized carbons (Fsp3) is 0.143. The standard InChI is InChI=1S/C14H13N3O3S/c1-2-11-3-7-13(8-4-11)20-21(18,19)14-9-5-12(6-10-14)16-17-15/h3-10H,2H2,1H3. The van der Waals surface area contributed by atoms with Gasteiger partial charge in [0.25, 0.3) is 0 Å². The van der Waals surface area contributed by atoms with E-state index in [1.54, 1.807) is 12.1 Å². The lowest BCUT2D eigenvalue weighted by Gasteiger charge is -2.07. The van der Waals surface area contributed by atoms with Crippen LogP contribution in [0.4, 0.5) is 5.69 Å². The molecule has 0 saturated carbocycles. The van der Waals surface area contributed by atoms with Gasteiger partial charge < -0.3 is 4.18 Å². The summed E-state index contributed by atoms with van der Waals surface area (Å²) >= 11 is 0. The number of aryl methyl sites for hydroxylation is 1. The molecule has 0 radical (unpaired) electrons. The number of nitrogens with zero attached hydrogens (tertiary/aromatic N) is 3. The van der Waals surface area contributed by atoms with Crippen molar-refractivity contribution in [3.8, 4) is 5.75 Å². The second kappa shape index (κ2) is 6.30. The molecule has 108 valence electrons. The van der Waals surface area contributed by atoms with Crippen LogP contribution in [-0.4, -0.2) is 8.42 Å². The van der Waals surface area contributed by atoms with E-state index < -0.39 is 10.1 Å². The van der Waals surface area contributed by atoms with Crippen LogP contribution in [0.25, 0.3) is 10.4 Å². The van der Waals surface area contributed by atoms with Crippen LogP contribution in [-0.2, 0) is 16.5 Å². The van der Waals surface area contributed by atoms with Gasteiger partial charge in [0, 0.05) is 10.6 Å². The lowest BCUT2D eigenvalue weighted by molar-refractivity contribution is 0.486. The molecule has 0 saturated heterocycles. The minimum Gasteiger partial charge on any atom is -0.379 e. The van der Waals surface area contributed by atoms with Gasteiger partial charge in [0.15, 0.2) is 0 Å². The Hall–Kier alpha value is -2.50. The van der Waals surface area contributed by atoms with Crippen molar-refractivity contribution in [1.29, 1.82) is 0 Å². The molecule has 0 N–H and O–H groups in total. The van der Waals surface area contributed by atoms with Gasteiger partial charge in [-0.15, -0.1) is 0 Å². The number of azide groups is 1. The molecular weight excluding hydrogens is 290 g/mol. The SMILES string of the molecule is CCc1ccc(OS(=O)(=O)c2ccc(N=[N+]=[N-])cc2)cc1. The molecule has 2 rings (SSSR count). The van der Waals surface area contributed by atoms with Gasteiger partial charge in [-0.05, 0) is 41.8 Å². The molecule has 0 aromatic heterocycles. The Bertz CT molecular complexity index is 762. The van der Waals surface area contributed by atoms with Crippen LogP contribution in [0.3, 0.4) is 0 Å². The molecule has 0 fully saturated rings. The van der Waals surface area contributed by atoms with Crippen molar-refractivity contribution >= 4 is 15.8 Å². The van der Waals surface area contributed by atoms with E-state index in [1.807, 2.05) is 19.1 Å². The predicted octanol–water partition coefficient (Wildman–Crippen LogP) is 3.96. The Morgan fingerprint density at radius 1 is 1.10 bits per heavy atom. The van der Waals surface area contributed by atoms with Gasteiger partial charge in [-0.2, -0.15) is 8.42 Å². The number of hydrogen-bond donors (Lipinski definition) is 0. The predicted molar refractivity (Wildman–Crippen MR) is 78.9 cm³/mol. The summed E-state index contributed by atoms with van der Waals surface area (Å²) in [5, 5.41) is 3.38. The Labute approximate surface area is 122 Å². The zero-order chi connectivity index (χ0) is 15.3. The van der Waals surface area contributed by atoms with Crippen LogP contribution in [0.1, 0.15) is 12.5 Å². The molecule has 0 aliphatic rings. The topological polar surface area (TPSA) is 92.1 Å². The van der Waals surface area contributed by atoms with Gasteiger partial charge in [-0.3, -0.25) is 0 Å². The van der Waals surface area contributed by atoms with Crippen molar-refractivity contribution in [2.75, 3.05) is 0 Å². The summed E-state index contributed by atoms with van der Waals surface area (Å²) in [5.74, 6) is 0.256. The van der Waals surface area contributed by atoms with Crippen molar-refractivity contribution < 1.29 is 12.6 Å². The van der Waals surface area contributed by atoms with Crippen molar-refractivity contribution in [2.45, 2.75) is 18.2 Å². The smallest absolute Gasteiger partial charge is 0.339 e. The van der Waals surface area contributed by atoms with Crippen molar-refractivity contribution in [3.63, 3.8) is 0 Å². The van der Waals surface area contributed by atoms with E-state index in [-0.39, 0.29) is 10.6 Å². The molecule has 0 unspecified atom stereocenters. The first-order valence-electron chi connectivity index (χ1n) is 6.24. The summed E-state index contributed by atoms with van der Waals surface area (Å²) in [6.45, 7) is 2.01. The maximum absolute atomic E-state index is 12.1. The van der Waals surface area contributed by atoms with Gasteiger partial charge in [0.1, 0.15) is 10.6 Å².